The van der Waals surface area contributed by atoms with Gasteiger partial charge in [-0.15, -0.1) is 0 Å². The lowest BCUT2D eigenvalue weighted by Crippen LogP contribution is -2.44. The van der Waals surface area contributed by atoms with Gasteiger partial charge in [-0.25, -0.2) is 4.79 Å². The first-order valence-electron chi connectivity index (χ1n) is 8.46. The molecule has 0 saturated carbocycles. The third-order valence-corrected chi connectivity index (χ3v) is 4.51. The van der Waals surface area contributed by atoms with Crippen molar-refractivity contribution in [3.8, 4) is 5.75 Å². The van der Waals surface area contributed by atoms with Crippen LogP contribution in [-0.2, 0) is 4.79 Å². The lowest BCUT2D eigenvalue weighted by molar-refractivity contribution is -0.119. The van der Waals surface area contributed by atoms with Gasteiger partial charge in [0, 0.05) is 12.2 Å². The Kier molecular flexibility index (Phi) is 5.03. The van der Waals surface area contributed by atoms with Crippen LogP contribution in [-0.4, -0.2) is 29.5 Å². The van der Waals surface area contributed by atoms with E-state index in [9.17, 15) is 9.59 Å². The van der Waals surface area contributed by atoms with Crippen molar-refractivity contribution in [1.29, 1.82) is 0 Å². The highest BCUT2D eigenvalue weighted by Crippen LogP contribution is 2.22. The number of para-hydroxylation sites is 1. The fraction of sp³-hybridized carbons (Fsp3) is 0.300. The zero-order valence-electron chi connectivity index (χ0n) is 14.5. The summed E-state index contributed by atoms with van der Waals surface area (Å²) in [6, 6.07) is 14.2. The van der Waals surface area contributed by atoms with Crippen LogP contribution in [0, 0.1) is 13.8 Å². The van der Waals surface area contributed by atoms with E-state index in [1.54, 1.807) is 24.3 Å². The van der Waals surface area contributed by atoms with Crippen molar-refractivity contribution in [3.63, 3.8) is 0 Å². The molecule has 0 unspecified atom stereocenters. The smallest absolute Gasteiger partial charge is 0.410 e. The number of benzene rings is 2. The number of anilines is 1. The third kappa shape index (κ3) is 3.99. The van der Waals surface area contributed by atoms with Gasteiger partial charge in [-0.3, -0.25) is 9.69 Å². The van der Waals surface area contributed by atoms with Crippen LogP contribution in [0.25, 0.3) is 0 Å². The van der Waals surface area contributed by atoms with Gasteiger partial charge in [0.15, 0.2) is 0 Å². The van der Waals surface area contributed by atoms with Crippen molar-refractivity contribution in [1.82, 2.24) is 4.90 Å². The fourth-order valence-corrected chi connectivity index (χ4v) is 2.95. The molecule has 5 nitrogen and oxygen atoms in total. The van der Waals surface area contributed by atoms with Crippen LogP contribution in [0.1, 0.15) is 24.0 Å². The van der Waals surface area contributed by atoms with Crippen molar-refractivity contribution in [3.05, 3.63) is 59.7 Å². The fourth-order valence-electron chi connectivity index (χ4n) is 2.95. The van der Waals surface area contributed by atoms with Gasteiger partial charge in [0.25, 0.3) is 0 Å². The number of nitrogens with one attached hydrogen (secondary N) is 1. The van der Waals surface area contributed by atoms with Gasteiger partial charge in [-0.05, 0) is 62.1 Å². The van der Waals surface area contributed by atoms with Gasteiger partial charge in [-0.2, -0.15) is 0 Å². The lowest BCUT2D eigenvalue weighted by Gasteiger charge is -2.23. The van der Waals surface area contributed by atoms with Gasteiger partial charge < -0.3 is 10.1 Å². The van der Waals surface area contributed by atoms with E-state index in [1.165, 1.54) is 10.5 Å². The summed E-state index contributed by atoms with van der Waals surface area (Å²) in [5.41, 5.74) is 3.04. The van der Waals surface area contributed by atoms with Crippen LogP contribution in [0.2, 0.25) is 0 Å². The van der Waals surface area contributed by atoms with Crippen LogP contribution in [0.15, 0.2) is 48.5 Å². The Morgan fingerprint density at radius 3 is 2.56 bits per heavy atom. The Morgan fingerprint density at radius 2 is 1.84 bits per heavy atom. The number of ether oxygens (including phenoxy) is 1. The Labute approximate surface area is 147 Å². The molecule has 2 amide bonds. The molecule has 0 spiro atoms. The summed E-state index contributed by atoms with van der Waals surface area (Å²) in [5, 5.41) is 2.91. The molecule has 0 bridgehead atoms. The summed E-state index contributed by atoms with van der Waals surface area (Å²) in [6.07, 6.45) is 0.944. The zero-order chi connectivity index (χ0) is 17.8. The molecule has 1 heterocycles. The molecule has 3 rings (SSSR count). The van der Waals surface area contributed by atoms with Crippen LogP contribution in [0.3, 0.4) is 0 Å². The molecule has 1 aliphatic rings. The van der Waals surface area contributed by atoms with Crippen LogP contribution >= 0.6 is 0 Å². The molecular weight excluding hydrogens is 316 g/mol. The van der Waals surface area contributed by atoms with E-state index in [0.29, 0.717) is 18.7 Å². The molecule has 1 fully saturated rings. The quantitative estimate of drug-likeness (QED) is 0.923. The largest absolute Gasteiger partial charge is 0.415 e. The average Bonchev–Trinajstić information content (AvgIpc) is 3.09. The van der Waals surface area contributed by atoms with Gasteiger partial charge in [0.2, 0.25) is 5.91 Å². The summed E-state index contributed by atoms with van der Waals surface area (Å²) in [7, 11) is 0. The second-order valence-electron chi connectivity index (χ2n) is 6.32. The maximum atomic E-state index is 12.6. The van der Waals surface area contributed by atoms with E-state index in [2.05, 4.69) is 5.32 Å². The Hall–Kier alpha value is -2.82. The molecule has 0 radical (unpaired) electrons. The van der Waals surface area contributed by atoms with Gasteiger partial charge in [0.1, 0.15) is 11.8 Å². The molecule has 1 N–H and O–H groups in total. The Bertz CT molecular complexity index is 774. The topological polar surface area (TPSA) is 58.6 Å². The van der Waals surface area contributed by atoms with E-state index in [4.69, 9.17) is 4.74 Å². The first kappa shape index (κ1) is 17.0. The molecular formula is C20H22N2O3. The summed E-state index contributed by atoms with van der Waals surface area (Å²) < 4.78 is 5.37. The monoisotopic (exact) mass is 338 g/mol. The van der Waals surface area contributed by atoms with Crippen LogP contribution in [0.5, 0.6) is 5.75 Å². The SMILES string of the molecule is Cc1ccc(NC(=O)[C@H]2CCCN2C(=O)Oc2ccccc2)cc1C. The highest BCUT2D eigenvalue weighted by Gasteiger charge is 2.35. The number of hydrogen-bond acceptors (Lipinski definition) is 3. The predicted molar refractivity (Wildman–Crippen MR) is 96.7 cm³/mol. The van der Waals surface area contributed by atoms with Crippen molar-refractivity contribution in [2.24, 2.45) is 0 Å². The van der Waals surface area contributed by atoms with Crippen molar-refractivity contribution >= 4 is 17.7 Å². The highest BCUT2D eigenvalue weighted by atomic mass is 16.6. The number of carbonyl (C=O) groups is 2. The molecule has 2 aromatic carbocycles. The number of aryl methyl sites for hydroxylation is 2. The summed E-state index contributed by atoms with van der Waals surface area (Å²) in [4.78, 5) is 26.5. The highest BCUT2D eigenvalue weighted by molar-refractivity contribution is 5.97. The first-order chi connectivity index (χ1) is 12.0. The van der Waals surface area contributed by atoms with Crippen molar-refractivity contribution in [2.45, 2.75) is 32.7 Å². The minimum absolute atomic E-state index is 0.175. The van der Waals surface area contributed by atoms with Crippen LogP contribution < -0.4 is 10.1 Å². The number of hydrogen-bond donors (Lipinski definition) is 1. The predicted octanol–water partition coefficient (Wildman–Crippen LogP) is 3.91. The number of carbonyl (C=O) groups excluding carboxylic acids is 2. The van der Waals surface area contributed by atoms with Crippen molar-refractivity contribution < 1.29 is 14.3 Å². The number of rotatable bonds is 3. The van der Waals surface area contributed by atoms with Gasteiger partial charge in [-0.1, -0.05) is 24.3 Å². The standard InChI is InChI=1S/C20H22N2O3/c1-14-10-11-16(13-15(14)2)21-19(23)18-9-6-12-22(18)20(24)25-17-7-4-3-5-8-17/h3-5,7-8,10-11,13,18H,6,9,12H2,1-2H3,(H,21,23)/t18-/m1/s1. The summed E-state index contributed by atoms with van der Waals surface area (Å²) in [6.45, 7) is 4.56. The molecule has 25 heavy (non-hydrogen) atoms. The van der Waals surface area contributed by atoms with Crippen LogP contribution in [0.4, 0.5) is 10.5 Å². The van der Waals surface area contributed by atoms with E-state index in [1.807, 2.05) is 38.1 Å². The molecule has 1 saturated heterocycles. The molecule has 1 atom stereocenters. The second kappa shape index (κ2) is 7.38. The Morgan fingerprint density at radius 1 is 1.08 bits per heavy atom. The molecule has 1 aliphatic heterocycles. The van der Waals surface area contributed by atoms with E-state index < -0.39 is 12.1 Å². The normalized spacial score (nSPS) is 16.6. The summed E-state index contributed by atoms with van der Waals surface area (Å²) >= 11 is 0. The maximum Gasteiger partial charge on any atom is 0.415 e. The molecule has 2 aromatic rings. The molecule has 5 heteroatoms. The van der Waals surface area contributed by atoms with Crippen molar-refractivity contribution in [2.75, 3.05) is 11.9 Å². The second-order valence-corrected chi connectivity index (χ2v) is 6.32. The molecule has 0 aliphatic carbocycles. The van der Waals surface area contributed by atoms with E-state index in [0.717, 1.165) is 17.7 Å². The first-order valence-corrected chi connectivity index (χ1v) is 8.46. The molecule has 130 valence electrons. The lowest BCUT2D eigenvalue weighted by atomic mass is 10.1. The Balaban J connectivity index is 1.66. The number of likely N-dealkylation sites (tertiary alicyclic amines) is 1. The zero-order valence-corrected chi connectivity index (χ0v) is 14.5. The van der Waals surface area contributed by atoms with Gasteiger partial charge in [0.05, 0.1) is 0 Å². The molecule has 0 aromatic heterocycles. The average molecular weight is 338 g/mol. The minimum atomic E-state index is -0.502. The summed E-state index contributed by atoms with van der Waals surface area (Å²) in [5.74, 6) is 0.304. The minimum Gasteiger partial charge on any atom is -0.410 e. The maximum absolute atomic E-state index is 12.6. The number of nitrogens with zero attached hydrogens (tertiary/aromatic N) is 1. The van der Waals surface area contributed by atoms with E-state index in [-0.39, 0.29) is 5.91 Å². The third-order valence-electron chi connectivity index (χ3n) is 4.51. The van der Waals surface area contributed by atoms with Gasteiger partial charge >= 0.3 is 6.09 Å². The number of amides is 2. The van der Waals surface area contributed by atoms with E-state index >= 15 is 0 Å².